The zero-order chi connectivity index (χ0) is 14.3. The van der Waals surface area contributed by atoms with Crippen LogP contribution in [0, 0.1) is 13.8 Å². The fourth-order valence-electron chi connectivity index (χ4n) is 3.27. The molecule has 0 amide bonds. The van der Waals surface area contributed by atoms with E-state index in [1.165, 1.54) is 11.1 Å². The van der Waals surface area contributed by atoms with E-state index in [4.69, 9.17) is 4.74 Å². The quantitative estimate of drug-likeness (QED) is 0.920. The van der Waals surface area contributed by atoms with Crippen LogP contribution in [0.15, 0.2) is 36.4 Å². The van der Waals surface area contributed by atoms with Gasteiger partial charge in [0.1, 0.15) is 5.75 Å². The number of methoxy groups -OCH3 is 1. The molecule has 1 N–H and O–H groups in total. The molecule has 0 fully saturated rings. The second-order valence-electron chi connectivity index (χ2n) is 5.65. The van der Waals surface area contributed by atoms with E-state index in [2.05, 4.69) is 24.3 Å². The van der Waals surface area contributed by atoms with Gasteiger partial charge in [-0.2, -0.15) is 0 Å². The molecule has 0 spiro atoms. The smallest absolute Gasteiger partial charge is 0.125 e. The second kappa shape index (κ2) is 4.95. The molecule has 1 aliphatic rings. The van der Waals surface area contributed by atoms with E-state index >= 15 is 0 Å². The normalized spacial score (nSPS) is 18.1. The summed E-state index contributed by atoms with van der Waals surface area (Å²) in [6.45, 7) is 4.09. The van der Waals surface area contributed by atoms with E-state index in [1.807, 2.05) is 26.0 Å². The summed E-state index contributed by atoms with van der Waals surface area (Å²) >= 11 is 0. The molecular formula is C18H20O2. The summed E-state index contributed by atoms with van der Waals surface area (Å²) in [6.07, 6.45) is 0.439. The highest BCUT2D eigenvalue weighted by atomic mass is 16.5. The first kappa shape index (κ1) is 13.2. The maximum atomic E-state index is 10.8. The summed E-state index contributed by atoms with van der Waals surface area (Å²) in [6, 6.07) is 12.4. The van der Waals surface area contributed by atoms with Gasteiger partial charge in [0.05, 0.1) is 13.2 Å². The Hall–Kier alpha value is -1.80. The molecule has 104 valence electrons. The van der Waals surface area contributed by atoms with Gasteiger partial charge < -0.3 is 9.84 Å². The number of rotatable bonds is 3. The summed E-state index contributed by atoms with van der Waals surface area (Å²) in [5.41, 5.74) is 5.79. The number of aliphatic hydroxyl groups excluding tert-OH is 1. The van der Waals surface area contributed by atoms with Crippen LogP contribution in [0.5, 0.6) is 5.75 Å². The van der Waals surface area contributed by atoms with E-state index in [1.54, 1.807) is 7.11 Å². The van der Waals surface area contributed by atoms with E-state index < -0.39 is 6.10 Å². The molecule has 2 aromatic rings. The molecule has 2 aromatic carbocycles. The predicted molar refractivity (Wildman–Crippen MR) is 80.3 cm³/mol. The van der Waals surface area contributed by atoms with Crippen molar-refractivity contribution in [3.63, 3.8) is 0 Å². The van der Waals surface area contributed by atoms with Crippen molar-refractivity contribution in [2.45, 2.75) is 32.3 Å². The van der Waals surface area contributed by atoms with Gasteiger partial charge >= 0.3 is 0 Å². The molecule has 0 radical (unpaired) electrons. The van der Waals surface area contributed by atoms with Crippen molar-refractivity contribution in [2.24, 2.45) is 0 Å². The first-order chi connectivity index (χ1) is 9.61. The van der Waals surface area contributed by atoms with Gasteiger partial charge in [0.2, 0.25) is 0 Å². The van der Waals surface area contributed by atoms with Crippen molar-refractivity contribution in [1.29, 1.82) is 0 Å². The van der Waals surface area contributed by atoms with Crippen molar-refractivity contribution in [3.05, 3.63) is 64.2 Å². The molecule has 1 aliphatic carbocycles. The van der Waals surface area contributed by atoms with Crippen LogP contribution in [0.3, 0.4) is 0 Å². The zero-order valence-electron chi connectivity index (χ0n) is 12.2. The number of ether oxygens (including phenoxy) is 1. The van der Waals surface area contributed by atoms with Gasteiger partial charge in [0, 0.05) is 11.5 Å². The van der Waals surface area contributed by atoms with Crippen molar-refractivity contribution in [1.82, 2.24) is 0 Å². The summed E-state index contributed by atoms with van der Waals surface area (Å²) in [4.78, 5) is 0. The average Bonchev–Trinajstić information content (AvgIpc) is 2.39. The molecule has 0 bridgehead atoms. The Kier molecular flexibility index (Phi) is 3.27. The fraction of sp³-hybridized carbons (Fsp3) is 0.333. The lowest BCUT2D eigenvalue weighted by atomic mass is 9.72. The number of hydrogen-bond acceptors (Lipinski definition) is 2. The van der Waals surface area contributed by atoms with Gasteiger partial charge in [-0.05, 0) is 48.6 Å². The highest BCUT2D eigenvalue weighted by molar-refractivity contribution is 5.49. The minimum absolute atomic E-state index is 0.182. The number of hydrogen-bond donors (Lipinski definition) is 1. The molecular weight excluding hydrogens is 248 g/mol. The van der Waals surface area contributed by atoms with Gasteiger partial charge in [-0.3, -0.25) is 0 Å². The Balaban J connectivity index is 1.99. The van der Waals surface area contributed by atoms with Crippen LogP contribution < -0.4 is 4.74 Å². The summed E-state index contributed by atoms with van der Waals surface area (Å²) < 4.78 is 5.47. The van der Waals surface area contributed by atoms with Crippen LogP contribution in [0.2, 0.25) is 0 Å². The van der Waals surface area contributed by atoms with Crippen LogP contribution >= 0.6 is 0 Å². The Morgan fingerprint density at radius 1 is 1.20 bits per heavy atom. The zero-order valence-corrected chi connectivity index (χ0v) is 12.2. The number of benzene rings is 2. The van der Waals surface area contributed by atoms with Crippen molar-refractivity contribution in [3.8, 4) is 5.75 Å². The standard InChI is InChI=1S/C18H20O2/c1-11-8-12(2)17(16(9-11)20-3)18(19)15-10-13-6-4-5-7-14(13)15/h4-9,15,18-19H,10H2,1-3H3. The van der Waals surface area contributed by atoms with Gasteiger partial charge in [0.25, 0.3) is 0 Å². The van der Waals surface area contributed by atoms with Gasteiger partial charge in [0.15, 0.2) is 0 Å². The Morgan fingerprint density at radius 2 is 1.95 bits per heavy atom. The second-order valence-corrected chi connectivity index (χ2v) is 5.65. The van der Waals surface area contributed by atoms with Gasteiger partial charge in [-0.25, -0.2) is 0 Å². The van der Waals surface area contributed by atoms with Crippen LogP contribution in [-0.2, 0) is 6.42 Å². The lowest BCUT2D eigenvalue weighted by molar-refractivity contribution is 0.130. The van der Waals surface area contributed by atoms with Gasteiger partial charge in [-0.15, -0.1) is 0 Å². The average molecular weight is 268 g/mol. The number of aryl methyl sites for hydroxylation is 2. The summed E-state index contributed by atoms with van der Waals surface area (Å²) in [7, 11) is 1.67. The molecule has 0 saturated heterocycles. The lowest BCUT2D eigenvalue weighted by Gasteiger charge is -2.35. The first-order valence-electron chi connectivity index (χ1n) is 7.03. The Morgan fingerprint density at radius 3 is 2.65 bits per heavy atom. The van der Waals surface area contributed by atoms with Crippen LogP contribution in [0.25, 0.3) is 0 Å². The SMILES string of the molecule is COc1cc(C)cc(C)c1C(O)C1Cc2ccccc21. The molecule has 0 saturated carbocycles. The van der Waals surface area contributed by atoms with Crippen LogP contribution in [0.4, 0.5) is 0 Å². The van der Waals surface area contributed by atoms with E-state index in [0.29, 0.717) is 0 Å². The van der Waals surface area contributed by atoms with Crippen molar-refractivity contribution in [2.75, 3.05) is 7.11 Å². The number of fused-ring (bicyclic) bond motifs is 1. The van der Waals surface area contributed by atoms with E-state index in [-0.39, 0.29) is 5.92 Å². The minimum Gasteiger partial charge on any atom is -0.496 e. The lowest BCUT2D eigenvalue weighted by Crippen LogP contribution is -2.24. The highest BCUT2D eigenvalue weighted by Gasteiger charge is 2.34. The topological polar surface area (TPSA) is 29.5 Å². The van der Waals surface area contributed by atoms with Crippen molar-refractivity contribution >= 4 is 0 Å². The maximum Gasteiger partial charge on any atom is 0.125 e. The number of aliphatic hydroxyl groups is 1. The molecule has 2 unspecified atom stereocenters. The Labute approximate surface area is 120 Å². The monoisotopic (exact) mass is 268 g/mol. The summed E-state index contributed by atoms with van der Waals surface area (Å²) in [5, 5.41) is 10.8. The molecule has 20 heavy (non-hydrogen) atoms. The molecule has 0 aliphatic heterocycles. The van der Waals surface area contributed by atoms with Crippen molar-refractivity contribution < 1.29 is 9.84 Å². The third kappa shape index (κ3) is 2.01. The molecule has 0 aromatic heterocycles. The van der Waals surface area contributed by atoms with Gasteiger partial charge in [-0.1, -0.05) is 30.3 Å². The third-order valence-electron chi connectivity index (χ3n) is 4.28. The van der Waals surface area contributed by atoms with Crippen LogP contribution in [0.1, 0.15) is 39.8 Å². The third-order valence-corrected chi connectivity index (χ3v) is 4.28. The Bertz CT molecular complexity index is 646. The summed E-state index contributed by atoms with van der Waals surface area (Å²) in [5.74, 6) is 0.973. The molecule has 2 atom stereocenters. The van der Waals surface area contributed by atoms with Crippen LogP contribution in [-0.4, -0.2) is 12.2 Å². The highest BCUT2D eigenvalue weighted by Crippen LogP contribution is 2.46. The molecule has 0 heterocycles. The molecule has 2 heteroatoms. The fourth-order valence-corrected chi connectivity index (χ4v) is 3.27. The molecule has 3 rings (SSSR count). The van der Waals surface area contributed by atoms with E-state index in [0.717, 1.165) is 28.9 Å². The largest absolute Gasteiger partial charge is 0.496 e. The minimum atomic E-state index is -0.500. The molecule has 2 nitrogen and oxygen atoms in total. The first-order valence-corrected chi connectivity index (χ1v) is 7.03. The van der Waals surface area contributed by atoms with E-state index in [9.17, 15) is 5.11 Å². The predicted octanol–water partition coefficient (Wildman–Crippen LogP) is 3.69. The maximum absolute atomic E-state index is 10.8.